The monoisotopic (exact) mass is 621 g/mol. The molecule has 232 valence electrons. The van der Waals surface area contributed by atoms with Gasteiger partial charge in [-0.15, -0.1) is 0 Å². The topological polar surface area (TPSA) is 149 Å². The summed E-state index contributed by atoms with van der Waals surface area (Å²) in [5.74, 6) is 0.750. The summed E-state index contributed by atoms with van der Waals surface area (Å²) >= 11 is 0. The van der Waals surface area contributed by atoms with Crippen molar-refractivity contribution in [1.82, 2.24) is 28.8 Å². The van der Waals surface area contributed by atoms with Crippen LogP contribution in [-0.2, 0) is 22.6 Å². The average Bonchev–Trinajstić information content (AvgIpc) is 3.39. The first-order valence-corrected chi connectivity index (χ1v) is 16.2. The van der Waals surface area contributed by atoms with Crippen molar-refractivity contribution in [1.29, 1.82) is 0 Å². The molecule has 3 aromatic heterocycles. The standard InChI is InChI=1S/C28H34F3N7O4S/c1-43(41,42)37(10-3-2-4-23-35-20-8-5-17(28(29,30)31)13-21(20)36-23)14-16-12-22(25(40)24(16)39)38-11-9-19-26(34-18-6-7-18)32-15-33-27(19)38/h5,8-9,11,13,15-16,18,22,24-25,39-40H,2-4,6-7,10,12,14H2,1H3,(H,35,36)(H,32,33,34)/t16-,22-,24-,25+/m1/s1. The van der Waals surface area contributed by atoms with Crippen LogP contribution < -0.4 is 5.32 Å². The molecular weight excluding hydrogens is 587 g/mol. The van der Waals surface area contributed by atoms with Crippen molar-refractivity contribution < 1.29 is 31.8 Å². The van der Waals surface area contributed by atoms with Crippen LogP contribution in [-0.4, -0.2) is 85.0 Å². The molecule has 2 saturated carbocycles. The molecule has 15 heteroatoms. The third-order valence-electron chi connectivity index (χ3n) is 8.39. The number of aliphatic hydroxyl groups excluding tert-OH is 2. The fourth-order valence-corrected chi connectivity index (χ4v) is 6.85. The molecule has 2 fully saturated rings. The third kappa shape index (κ3) is 6.35. The van der Waals surface area contributed by atoms with E-state index < -0.39 is 45.9 Å². The van der Waals surface area contributed by atoms with E-state index >= 15 is 0 Å². The summed E-state index contributed by atoms with van der Waals surface area (Å²) in [6, 6.07) is 5.13. The van der Waals surface area contributed by atoms with Crippen molar-refractivity contribution in [2.24, 2.45) is 5.92 Å². The lowest BCUT2D eigenvalue weighted by Crippen LogP contribution is -2.39. The number of H-pyrrole nitrogens is 1. The number of rotatable bonds is 11. The lowest BCUT2D eigenvalue weighted by atomic mass is 10.1. The summed E-state index contributed by atoms with van der Waals surface area (Å²) in [5.41, 5.74) is 0.606. The zero-order valence-electron chi connectivity index (χ0n) is 23.5. The van der Waals surface area contributed by atoms with Crippen LogP contribution in [0.15, 0.2) is 36.8 Å². The van der Waals surface area contributed by atoms with Gasteiger partial charge in [-0.05, 0) is 56.4 Å². The van der Waals surface area contributed by atoms with Crippen LogP contribution in [0.1, 0.15) is 49.5 Å². The molecule has 0 radical (unpaired) electrons. The second kappa shape index (κ2) is 11.3. The number of nitrogens with one attached hydrogen (secondary N) is 2. The first kappa shape index (κ1) is 29.8. The van der Waals surface area contributed by atoms with Crippen LogP contribution in [0.25, 0.3) is 22.1 Å². The average molecular weight is 622 g/mol. The molecule has 4 aromatic rings. The number of halogens is 3. The predicted octanol–water partition coefficient (Wildman–Crippen LogP) is 3.47. The normalized spacial score (nSPS) is 23.1. The molecule has 0 amide bonds. The zero-order chi connectivity index (χ0) is 30.5. The highest BCUT2D eigenvalue weighted by molar-refractivity contribution is 7.88. The van der Waals surface area contributed by atoms with E-state index in [1.165, 1.54) is 16.7 Å². The highest BCUT2D eigenvalue weighted by Gasteiger charge is 2.44. The lowest BCUT2D eigenvalue weighted by Gasteiger charge is -2.25. The Kier molecular flexibility index (Phi) is 7.85. The highest BCUT2D eigenvalue weighted by Crippen LogP contribution is 2.39. The molecule has 43 heavy (non-hydrogen) atoms. The Morgan fingerprint density at radius 1 is 1.14 bits per heavy atom. The minimum absolute atomic E-state index is 0.0427. The number of aromatic nitrogens is 5. The SMILES string of the molecule is CS(=O)(=O)N(CCCCc1nc2ccc(C(F)(F)F)cc2[nH]1)C[C@H]1C[C@@H](n2ccc3c(NC4CC4)ncnc32)[C@H](O)[C@@H]1O. The van der Waals surface area contributed by atoms with Gasteiger partial charge in [-0.3, -0.25) is 0 Å². The van der Waals surface area contributed by atoms with Gasteiger partial charge in [-0.25, -0.2) is 27.7 Å². The Bertz CT molecular complexity index is 1720. The van der Waals surface area contributed by atoms with Crippen molar-refractivity contribution in [2.75, 3.05) is 24.7 Å². The van der Waals surface area contributed by atoms with E-state index in [2.05, 4.69) is 25.3 Å². The van der Waals surface area contributed by atoms with Gasteiger partial charge < -0.3 is 25.1 Å². The van der Waals surface area contributed by atoms with Crippen LogP contribution in [0, 0.1) is 5.92 Å². The quantitative estimate of drug-likeness (QED) is 0.186. The number of alkyl halides is 3. The number of nitrogens with zero attached hydrogens (tertiary/aromatic N) is 5. The van der Waals surface area contributed by atoms with Gasteiger partial charge in [0.1, 0.15) is 29.7 Å². The van der Waals surface area contributed by atoms with E-state index in [9.17, 15) is 31.8 Å². The molecule has 0 bridgehead atoms. The third-order valence-corrected chi connectivity index (χ3v) is 9.66. The highest BCUT2D eigenvalue weighted by atomic mass is 32.2. The number of unbranched alkanes of at least 4 members (excludes halogenated alkanes) is 1. The van der Waals surface area contributed by atoms with E-state index in [0.717, 1.165) is 42.4 Å². The van der Waals surface area contributed by atoms with Crippen molar-refractivity contribution in [3.63, 3.8) is 0 Å². The first-order chi connectivity index (χ1) is 20.4. The van der Waals surface area contributed by atoms with E-state index in [0.29, 0.717) is 54.2 Å². The van der Waals surface area contributed by atoms with Crippen molar-refractivity contribution >= 4 is 37.9 Å². The van der Waals surface area contributed by atoms with Gasteiger partial charge in [0.25, 0.3) is 0 Å². The zero-order valence-corrected chi connectivity index (χ0v) is 24.3. The molecule has 3 heterocycles. The van der Waals surface area contributed by atoms with E-state index in [1.807, 2.05) is 16.8 Å². The number of sulfonamides is 1. The summed E-state index contributed by atoms with van der Waals surface area (Å²) in [5, 5.41) is 26.1. The van der Waals surface area contributed by atoms with Crippen molar-refractivity contribution in [3.05, 3.63) is 48.2 Å². The number of aromatic amines is 1. The molecule has 2 aliphatic rings. The smallest absolute Gasteiger partial charge is 0.390 e. The Morgan fingerprint density at radius 3 is 2.65 bits per heavy atom. The summed E-state index contributed by atoms with van der Waals surface area (Å²) in [7, 11) is -3.62. The summed E-state index contributed by atoms with van der Waals surface area (Å²) in [6.45, 7) is 0.234. The molecule has 0 aliphatic heterocycles. The number of aliphatic hydroxyl groups is 2. The van der Waals surface area contributed by atoms with Gasteiger partial charge in [-0.1, -0.05) is 0 Å². The van der Waals surface area contributed by atoms with Crippen molar-refractivity contribution in [3.8, 4) is 0 Å². The van der Waals surface area contributed by atoms with Crippen LogP contribution in [0.5, 0.6) is 0 Å². The predicted molar refractivity (Wildman–Crippen MR) is 154 cm³/mol. The number of benzene rings is 1. The molecular formula is C28H34F3N7O4S. The number of hydrogen-bond donors (Lipinski definition) is 4. The maximum Gasteiger partial charge on any atom is 0.416 e. The Labute approximate surface area is 246 Å². The van der Waals surface area contributed by atoms with Gasteiger partial charge in [0.05, 0.1) is 40.4 Å². The Morgan fingerprint density at radius 2 is 1.93 bits per heavy atom. The minimum atomic E-state index is -4.45. The van der Waals surface area contributed by atoms with Gasteiger partial charge in [0.2, 0.25) is 10.0 Å². The Hall–Kier alpha value is -3.27. The van der Waals surface area contributed by atoms with Crippen LogP contribution in [0.2, 0.25) is 0 Å². The molecule has 4 atom stereocenters. The maximum absolute atomic E-state index is 13.0. The molecule has 2 aliphatic carbocycles. The molecule has 1 aromatic carbocycles. The minimum Gasteiger partial charge on any atom is -0.390 e. The van der Waals surface area contributed by atoms with Crippen LogP contribution in [0.4, 0.5) is 19.0 Å². The van der Waals surface area contributed by atoms with Gasteiger partial charge in [0, 0.05) is 37.7 Å². The fourth-order valence-electron chi connectivity index (χ4n) is 5.92. The number of anilines is 1. The van der Waals surface area contributed by atoms with Crippen molar-refractivity contribution in [2.45, 2.75) is 69.0 Å². The van der Waals surface area contributed by atoms with Crippen LogP contribution in [0.3, 0.4) is 0 Å². The number of imidazole rings is 1. The summed E-state index contributed by atoms with van der Waals surface area (Å²) in [6.07, 6.45) is 1.69. The van der Waals surface area contributed by atoms with Gasteiger partial charge >= 0.3 is 6.18 Å². The molecule has 0 saturated heterocycles. The number of fused-ring (bicyclic) bond motifs is 2. The molecule has 4 N–H and O–H groups in total. The van der Waals surface area contributed by atoms with E-state index in [4.69, 9.17) is 0 Å². The number of aryl methyl sites for hydroxylation is 1. The fraction of sp³-hybridized carbons (Fsp3) is 0.536. The Balaban J connectivity index is 1.09. The number of hydrogen-bond acceptors (Lipinski definition) is 8. The van der Waals surface area contributed by atoms with E-state index in [-0.39, 0.29) is 13.1 Å². The largest absolute Gasteiger partial charge is 0.416 e. The van der Waals surface area contributed by atoms with E-state index in [1.54, 1.807) is 0 Å². The lowest BCUT2D eigenvalue weighted by molar-refractivity contribution is -0.137. The van der Waals surface area contributed by atoms with Gasteiger partial charge in [-0.2, -0.15) is 13.2 Å². The first-order valence-electron chi connectivity index (χ1n) is 14.3. The summed E-state index contributed by atoms with van der Waals surface area (Å²) in [4.78, 5) is 16.0. The molecule has 0 unspecified atom stereocenters. The second-order valence-electron chi connectivity index (χ2n) is 11.6. The summed E-state index contributed by atoms with van der Waals surface area (Å²) < 4.78 is 67.5. The maximum atomic E-state index is 13.0. The molecule has 6 rings (SSSR count). The molecule has 0 spiro atoms. The van der Waals surface area contributed by atoms with Gasteiger partial charge in [0.15, 0.2) is 0 Å². The second-order valence-corrected chi connectivity index (χ2v) is 13.6. The van der Waals surface area contributed by atoms with Crippen LogP contribution >= 0.6 is 0 Å². The molecule has 11 nitrogen and oxygen atoms in total.